The molecule has 4 bridgehead atoms. The van der Waals surface area contributed by atoms with Crippen LogP contribution in [-0.2, 0) is 5.41 Å². The molecule has 6 aromatic carbocycles. The standard InChI is InChI=1S/C50H38N2OS/c1-2-8-34(9-3-1)49-51-42(35-18-21-46-41(25-35)38-10-4-5-15-45(38)54-46)26-43(52-49)39-12-6-13-40-47-37(11-7-14-44(47)53-48(39)40)33-16-19-36(20-17-33)50-27-30-22-31(28-50)24-32(23-30)29-50/h1-21,25-26,30-32H,22-24,27-29H2. The predicted octanol–water partition coefficient (Wildman–Crippen LogP) is 13.9. The molecule has 0 saturated heterocycles. The number of para-hydroxylation sites is 1. The third-order valence-corrected chi connectivity index (χ3v) is 14.2. The monoisotopic (exact) mass is 714 g/mol. The lowest BCUT2D eigenvalue weighted by Crippen LogP contribution is -2.48. The highest BCUT2D eigenvalue weighted by molar-refractivity contribution is 7.25. The van der Waals surface area contributed by atoms with Crippen LogP contribution in [0, 0.1) is 17.8 Å². The molecule has 4 saturated carbocycles. The average Bonchev–Trinajstić information content (AvgIpc) is 3.79. The zero-order valence-electron chi connectivity index (χ0n) is 30.0. The lowest BCUT2D eigenvalue weighted by Gasteiger charge is -2.57. The molecule has 4 aliphatic carbocycles. The Bertz CT molecular complexity index is 2880. The summed E-state index contributed by atoms with van der Waals surface area (Å²) in [4.78, 5) is 10.4. The van der Waals surface area contributed by atoms with Gasteiger partial charge >= 0.3 is 0 Å². The number of hydrogen-bond acceptors (Lipinski definition) is 4. The van der Waals surface area contributed by atoms with Crippen molar-refractivity contribution >= 4 is 53.4 Å². The van der Waals surface area contributed by atoms with Crippen LogP contribution >= 0.6 is 11.3 Å². The molecule has 0 N–H and O–H groups in total. The molecule has 9 aromatic rings. The van der Waals surface area contributed by atoms with Crippen molar-refractivity contribution in [3.63, 3.8) is 0 Å². The summed E-state index contributed by atoms with van der Waals surface area (Å²) in [7, 11) is 0. The molecule has 0 aliphatic heterocycles. The number of aromatic nitrogens is 2. The Balaban J connectivity index is 0.988. The maximum Gasteiger partial charge on any atom is 0.160 e. The fourth-order valence-electron chi connectivity index (χ4n) is 11.1. The SMILES string of the molecule is c1ccc(-c2nc(-c3ccc4sc5ccccc5c4c3)cc(-c3cccc4c3oc3cccc(-c5ccc(C67CC8CC(CC(C8)C6)C7)cc5)c34)n2)cc1. The van der Waals surface area contributed by atoms with Crippen molar-refractivity contribution in [2.45, 2.75) is 43.9 Å². The first-order valence-electron chi connectivity index (χ1n) is 19.6. The number of fused-ring (bicyclic) bond motifs is 6. The van der Waals surface area contributed by atoms with Gasteiger partial charge in [0.05, 0.1) is 11.4 Å². The van der Waals surface area contributed by atoms with Gasteiger partial charge in [-0.05, 0) is 115 Å². The minimum absolute atomic E-state index is 0.398. The minimum Gasteiger partial charge on any atom is -0.455 e. The second-order valence-corrected chi connectivity index (χ2v) is 17.5. The second kappa shape index (κ2) is 11.7. The van der Waals surface area contributed by atoms with Crippen LogP contribution in [0.2, 0.25) is 0 Å². The number of hydrogen-bond donors (Lipinski definition) is 0. The maximum atomic E-state index is 6.82. The van der Waals surface area contributed by atoms with E-state index in [1.165, 1.54) is 69.8 Å². The van der Waals surface area contributed by atoms with Gasteiger partial charge in [-0.15, -0.1) is 11.3 Å². The van der Waals surface area contributed by atoms with Crippen LogP contribution in [-0.4, -0.2) is 9.97 Å². The summed E-state index contributed by atoms with van der Waals surface area (Å²) in [6, 6.07) is 50.4. The first-order chi connectivity index (χ1) is 26.6. The number of benzene rings is 6. The largest absolute Gasteiger partial charge is 0.455 e. The zero-order chi connectivity index (χ0) is 35.4. The van der Waals surface area contributed by atoms with Gasteiger partial charge in [0.15, 0.2) is 5.82 Å². The fourth-order valence-corrected chi connectivity index (χ4v) is 12.2. The van der Waals surface area contributed by atoms with Crippen molar-refractivity contribution in [2.24, 2.45) is 17.8 Å². The van der Waals surface area contributed by atoms with Crippen LogP contribution in [0.5, 0.6) is 0 Å². The topological polar surface area (TPSA) is 38.9 Å². The molecule has 4 fully saturated rings. The average molecular weight is 715 g/mol. The van der Waals surface area contributed by atoms with Gasteiger partial charge in [0, 0.05) is 47.6 Å². The van der Waals surface area contributed by atoms with Crippen molar-refractivity contribution in [1.82, 2.24) is 9.97 Å². The highest BCUT2D eigenvalue weighted by Gasteiger charge is 2.51. The molecule has 0 atom stereocenters. The number of nitrogens with zero attached hydrogens (tertiary/aromatic N) is 2. The number of furan rings is 1. The van der Waals surface area contributed by atoms with Gasteiger partial charge in [0.25, 0.3) is 0 Å². The highest BCUT2D eigenvalue weighted by Crippen LogP contribution is 2.61. The molecule has 0 amide bonds. The fraction of sp³-hybridized carbons (Fsp3) is 0.200. The Labute approximate surface area is 318 Å². The molecule has 4 aliphatic rings. The normalized spacial score (nSPS) is 21.9. The Morgan fingerprint density at radius 3 is 2.00 bits per heavy atom. The molecule has 3 heterocycles. The third-order valence-electron chi connectivity index (χ3n) is 13.1. The van der Waals surface area contributed by atoms with E-state index in [4.69, 9.17) is 14.4 Å². The third kappa shape index (κ3) is 4.79. The van der Waals surface area contributed by atoms with Crippen LogP contribution in [0.15, 0.2) is 144 Å². The molecular weight excluding hydrogens is 677 g/mol. The van der Waals surface area contributed by atoms with Crippen LogP contribution in [0.1, 0.15) is 44.1 Å². The van der Waals surface area contributed by atoms with Crippen LogP contribution < -0.4 is 0 Å². The van der Waals surface area contributed by atoms with Gasteiger partial charge in [-0.1, -0.05) is 103 Å². The van der Waals surface area contributed by atoms with E-state index in [0.717, 1.165) is 67.8 Å². The van der Waals surface area contributed by atoms with Crippen molar-refractivity contribution in [2.75, 3.05) is 0 Å². The molecule has 13 rings (SSSR count). The lowest BCUT2D eigenvalue weighted by molar-refractivity contribution is -0.00518. The van der Waals surface area contributed by atoms with Crippen LogP contribution in [0.3, 0.4) is 0 Å². The van der Waals surface area contributed by atoms with E-state index in [1.807, 2.05) is 29.5 Å². The van der Waals surface area contributed by atoms with E-state index >= 15 is 0 Å². The summed E-state index contributed by atoms with van der Waals surface area (Å²) in [5.74, 6) is 3.52. The first kappa shape index (κ1) is 30.8. The second-order valence-electron chi connectivity index (χ2n) is 16.4. The Hall–Kier alpha value is -5.58. The van der Waals surface area contributed by atoms with Crippen molar-refractivity contribution in [1.29, 1.82) is 0 Å². The van der Waals surface area contributed by atoms with Crippen molar-refractivity contribution in [3.8, 4) is 45.0 Å². The molecule has 4 heteroatoms. The van der Waals surface area contributed by atoms with E-state index in [0.29, 0.717) is 11.2 Å². The first-order valence-corrected chi connectivity index (χ1v) is 20.4. The van der Waals surface area contributed by atoms with Crippen LogP contribution in [0.4, 0.5) is 0 Å². The summed E-state index contributed by atoms with van der Waals surface area (Å²) in [5, 5.41) is 4.80. The summed E-state index contributed by atoms with van der Waals surface area (Å²) in [6.45, 7) is 0. The van der Waals surface area contributed by atoms with Gasteiger partial charge in [0.1, 0.15) is 11.2 Å². The van der Waals surface area contributed by atoms with E-state index in [1.54, 1.807) is 5.56 Å². The molecular formula is C50H38N2OS. The maximum absolute atomic E-state index is 6.82. The van der Waals surface area contributed by atoms with E-state index in [9.17, 15) is 0 Å². The Kier molecular flexibility index (Phi) is 6.69. The minimum atomic E-state index is 0.398. The highest BCUT2D eigenvalue weighted by atomic mass is 32.1. The van der Waals surface area contributed by atoms with Gasteiger partial charge in [-0.2, -0.15) is 0 Å². The van der Waals surface area contributed by atoms with Gasteiger partial charge in [-0.25, -0.2) is 9.97 Å². The molecule has 3 aromatic heterocycles. The van der Waals surface area contributed by atoms with Crippen molar-refractivity contribution in [3.05, 3.63) is 145 Å². The van der Waals surface area contributed by atoms with Crippen molar-refractivity contribution < 1.29 is 4.42 Å². The van der Waals surface area contributed by atoms with Crippen LogP contribution in [0.25, 0.3) is 87.1 Å². The molecule has 3 nitrogen and oxygen atoms in total. The summed E-state index contributed by atoms with van der Waals surface area (Å²) < 4.78 is 9.40. The molecule has 0 radical (unpaired) electrons. The molecule has 0 spiro atoms. The van der Waals surface area contributed by atoms with E-state index in [2.05, 4.69) is 121 Å². The summed E-state index contributed by atoms with van der Waals surface area (Å²) in [6.07, 6.45) is 8.58. The van der Waals surface area contributed by atoms with E-state index in [-0.39, 0.29) is 0 Å². The van der Waals surface area contributed by atoms with Gasteiger partial charge < -0.3 is 4.42 Å². The number of rotatable bonds is 5. The molecule has 260 valence electrons. The molecule has 54 heavy (non-hydrogen) atoms. The Morgan fingerprint density at radius 2 is 1.19 bits per heavy atom. The summed E-state index contributed by atoms with van der Waals surface area (Å²) >= 11 is 1.84. The quantitative estimate of drug-likeness (QED) is 0.178. The van der Waals surface area contributed by atoms with Gasteiger partial charge in [0.2, 0.25) is 0 Å². The summed E-state index contributed by atoms with van der Waals surface area (Å²) in [5.41, 5.74) is 10.9. The smallest absolute Gasteiger partial charge is 0.160 e. The zero-order valence-corrected chi connectivity index (χ0v) is 30.8. The lowest BCUT2D eigenvalue weighted by atomic mass is 9.48. The number of thiophene rings is 1. The van der Waals surface area contributed by atoms with Gasteiger partial charge in [-0.3, -0.25) is 0 Å². The predicted molar refractivity (Wildman–Crippen MR) is 224 cm³/mol. The molecule has 0 unspecified atom stereocenters. The van der Waals surface area contributed by atoms with E-state index < -0.39 is 0 Å². The Morgan fingerprint density at radius 1 is 0.519 bits per heavy atom.